The standard InChI is InChI=1S/C13H15NO2/c1-9-10(3-2-4-12(15)16)5-6-11-7-8-14-13(9)11/h5-8,14H,2-4H2,1H3,(H,15,16). The summed E-state index contributed by atoms with van der Waals surface area (Å²) in [5.74, 6) is -0.724. The molecule has 0 aliphatic carbocycles. The summed E-state index contributed by atoms with van der Waals surface area (Å²) in [6.07, 6.45) is 3.69. The van der Waals surface area contributed by atoms with Crippen LogP contribution in [-0.2, 0) is 11.2 Å². The Hall–Kier alpha value is -1.77. The predicted molar refractivity (Wildman–Crippen MR) is 63.6 cm³/mol. The lowest BCUT2D eigenvalue weighted by molar-refractivity contribution is -0.137. The monoisotopic (exact) mass is 217 g/mol. The molecule has 84 valence electrons. The Morgan fingerprint density at radius 3 is 2.94 bits per heavy atom. The number of aliphatic carboxylic acids is 1. The van der Waals surface area contributed by atoms with E-state index in [2.05, 4.69) is 24.0 Å². The van der Waals surface area contributed by atoms with E-state index < -0.39 is 5.97 Å². The van der Waals surface area contributed by atoms with Gasteiger partial charge in [0.15, 0.2) is 0 Å². The maximum absolute atomic E-state index is 10.4. The van der Waals surface area contributed by atoms with Crippen molar-refractivity contribution in [2.45, 2.75) is 26.2 Å². The van der Waals surface area contributed by atoms with Crippen molar-refractivity contribution in [2.24, 2.45) is 0 Å². The second kappa shape index (κ2) is 4.39. The van der Waals surface area contributed by atoms with Gasteiger partial charge in [-0.1, -0.05) is 12.1 Å². The number of hydrogen-bond donors (Lipinski definition) is 2. The highest BCUT2D eigenvalue weighted by Crippen LogP contribution is 2.21. The van der Waals surface area contributed by atoms with Gasteiger partial charge in [0.25, 0.3) is 0 Å². The first-order chi connectivity index (χ1) is 7.68. The zero-order valence-electron chi connectivity index (χ0n) is 9.29. The molecule has 0 aliphatic heterocycles. The van der Waals surface area contributed by atoms with Gasteiger partial charge in [-0.3, -0.25) is 4.79 Å². The molecule has 0 saturated heterocycles. The molecule has 0 unspecified atom stereocenters. The number of benzene rings is 1. The highest BCUT2D eigenvalue weighted by Gasteiger charge is 2.05. The van der Waals surface area contributed by atoms with Gasteiger partial charge in [-0.05, 0) is 42.3 Å². The van der Waals surface area contributed by atoms with Gasteiger partial charge < -0.3 is 10.1 Å². The van der Waals surface area contributed by atoms with Crippen LogP contribution in [-0.4, -0.2) is 16.1 Å². The van der Waals surface area contributed by atoms with E-state index in [1.165, 1.54) is 16.5 Å². The van der Waals surface area contributed by atoms with Crippen molar-refractivity contribution in [3.8, 4) is 0 Å². The predicted octanol–water partition coefficient (Wildman–Crippen LogP) is 2.88. The van der Waals surface area contributed by atoms with Gasteiger partial charge in [0.1, 0.15) is 0 Å². The van der Waals surface area contributed by atoms with Gasteiger partial charge in [-0.25, -0.2) is 0 Å². The number of aromatic amines is 1. The largest absolute Gasteiger partial charge is 0.481 e. The summed E-state index contributed by atoms with van der Waals surface area (Å²) in [5.41, 5.74) is 3.62. The molecule has 0 aliphatic rings. The molecule has 3 heteroatoms. The van der Waals surface area contributed by atoms with Crippen molar-refractivity contribution < 1.29 is 9.90 Å². The third kappa shape index (κ3) is 2.08. The summed E-state index contributed by atoms with van der Waals surface area (Å²) in [7, 11) is 0. The van der Waals surface area contributed by atoms with Crippen molar-refractivity contribution in [3.63, 3.8) is 0 Å². The Morgan fingerprint density at radius 2 is 2.19 bits per heavy atom. The summed E-state index contributed by atoms with van der Waals surface area (Å²) in [6, 6.07) is 6.21. The topological polar surface area (TPSA) is 53.1 Å². The van der Waals surface area contributed by atoms with Crippen molar-refractivity contribution >= 4 is 16.9 Å². The number of carboxylic acids is 1. The first kappa shape index (κ1) is 10.7. The third-order valence-corrected chi connectivity index (χ3v) is 2.94. The van der Waals surface area contributed by atoms with E-state index >= 15 is 0 Å². The van der Waals surface area contributed by atoms with Crippen molar-refractivity contribution in [2.75, 3.05) is 0 Å². The number of fused-ring (bicyclic) bond motifs is 1. The fourth-order valence-electron chi connectivity index (χ4n) is 2.02. The minimum Gasteiger partial charge on any atom is -0.481 e. The molecule has 0 saturated carbocycles. The van der Waals surface area contributed by atoms with Crippen LogP contribution in [0.5, 0.6) is 0 Å². The number of carbonyl (C=O) groups is 1. The minimum atomic E-state index is -0.724. The molecule has 3 nitrogen and oxygen atoms in total. The van der Waals surface area contributed by atoms with Gasteiger partial charge in [0, 0.05) is 18.1 Å². The molecule has 0 amide bonds. The Bertz CT molecular complexity index is 514. The van der Waals surface area contributed by atoms with Crippen LogP contribution in [0.3, 0.4) is 0 Å². The Labute approximate surface area is 94.1 Å². The van der Waals surface area contributed by atoms with Crippen LogP contribution in [0.15, 0.2) is 24.4 Å². The Balaban J connectivity index is 2.17. The zero-order valence-corrected chi connectivity index (χ0v) is 9.29. The molecule has 2 rings (SSSR count). The summed E-state index contributed by atoms with van der Waals surface area (Å²) in [6.45, 7) is 2.08. The summed E-state index contributed by atoms with van der Waals surface area (Å²) >= 11 is 0. The van der Waals surface area contributed by atoms with E-state index in [4.69, 9.17) is 5.11 Å². The van der Waals surface area contributed by atoms with E-state index in [1.54, 1.807) is 0 Å². The molecule has 0 atom stereocenters. The maximum atomic E-state index is 10.4. The maximum Gasteiger partial charge on any atom is 0.303 e. The number of aryl methyl sites for hydroxylation is 2. The van der Waals surface area contributed by atoms with E-state index in [-0.39, 0.29) is 6.42 Å². The third-order valence-electron chi connectivity index (χ3n) is 2.94. The van der Waals surface area contributed by atoms with Crippen molar-refractivity contribution in [3.05, 3.63) is 35.5 Å². The molecule has 0 spiro atoms. The van der Waals surface area contributed by atoms with Crippen LogP contribution in [0, 0.1) is 6.92 Å². The molecule has 0 radical (unpaired) electrons. The average molecular weight is 217 g/mol. The highest BCUT2D eigenvalue weighted by atomic mass is 16.4. The van der Waals surface area contributed by atoms with Crippen molar-refractivity contribution in [1.29, 1.82) is 0 Å². The Kier molecular flexibility index (Phi) is 2.95. The number of nitrogens with one attached hydrogen (secondary N) is 1. The number of aromatic nitrogens is 1. The SMILES string of the molecule is Cc1c(CCCC(=O)O)ccc2cc[nH]c12. The molecule has 0 fully saturated rings. The first-order valence-electron chi connectivity index (χ1n) is 5.46. The van der Waals surface area contributed by atoms with Crippen LogP contribution in [0.4, 0.5) is 0 Å². The van der Waals surface area contributed by atoms with Crippen LogP contribution in [0.25, 0.3) is 10.9 Å². The Morgan fingerprint density at radius 1 is 1.38 bits per heavy atom. The van der Waals surface area contributed by atoms with Crippen molar-refractivity contribution in [1.82, 2.24) is 4.98 Å². The molecule has 0 bridgehead atoms. The van der Waals surface area contributed by atoms with Crippen LogP contribution >= 0.6 is 0 Å². The molecule has 1 aromatic heterocycles. The zero-order chi connectivity index (χ0) is 11.5. The molecular formula is C13H15NO2. The lowest BCUT2D eigenvalue weighted by atomic mass is 10.0. The van der Waals surface area contributed by atoms with E-state index in [1.807, 2.05) is 12.3 Å². The smallest absolute Gasteiger partial charge is 0.303 e. The highest BCUT2D eigenvalue weighted by molar-refractivity contribution is 5.83. The molecular weight excluding hydrogens is 202 g/mol. The fraction of sp³-hybridized carbons (Fsp3) is 0.308. The lowest BCUT2D eigenvalue weighted by Crippen LogP contribution is -1.97. The second-order valence-electron chi connectivity index (χ2n) is 4.04. The lowest BCUT2D eigenvalue weighted by Gasteiger charge is -2.06. The number of rotatable bonds is 4. The number of carboxylic acid groups (broad SMARTS) is 1. The van der Waals surface area contributed by atoms with E-state index in [0.717, 1.165) is 11.9 Å². The molecule has 16 heavy (non-hydrogen) atoms. The van der Waals surface area contributed by atoms with Crippen LogP contribution in [0.2, 0.25) is 0 Å². The van der Waals surface area contributed by atoms with Gasteiger partial charge in [0.2, 0.25) is 0 Å². The summed E-state index contributed by atoms with van der Waals surface area (Å²) < 4.78 is 0. The molecule has 2 aromatic rings. The fourth-order valence-corrected chi connectivity index (χ4v) is 2.02. The first-order valence-corrected chi connectivity index (χ1v) is 5.46. The van der Waals surface area contributed by atoms with E-state index in [0.29, 0.717) is 6.42 Å². The van der Waals surface area contributed by atoms with Crippen LogP contribution in [0.1, 0.15) is 24.0 Å². The summed E-state index contributed by atoms with van der Waals surface area (Å²) in [4.78, 5) is 13.7. The van der Waals surface area contributed by atoms with Gasteiger partial charge in [-0.15, -0.1) is 0 Å². The molecule has 1 aromatic carbocycles. The van der Waals surface area contributed by atoms with Gasteiger partial charge in [0.05, 0.1) is 0 Å². The quantitative estimate of drug-likeness (QED) is 0.827. The van der Waals surface area contributed by atoms with E-state index in [9.17, 15) is 4.79 Å². The van der Waals surface area contributed by atoms with Gasteiger partial charge in [-0.2, -0.15) is 0 Å². The average Bonchev–Trinajstić information content (AvgIpc) is 2.69. The second-order valence-corrected chi connectivity index (χ2v) is 4.04. The summed E-state index contributed by atoms with van der Waals surface area (Å²) in [5, 5.41) is 9.80. The minimum absolute atomic E-state index is 0.238. The molecule has 2 N–H and O–H groups in total. The van der Waals surface area contributed by atoms with Gasteiger partial charge >= 0.3 is 5.97 Å². The molecule has 1 heterocycles. The van der Waals surface area contributed by atoms with Crippen LogP contribution < -0.4 is 0 Å². The normalized spacial score (nSPS) is 10.8. The number of H-pyrrole nitrogens is 1. The number of hydrogen-bond acceptors (Lipinski definition) is 1.